The van der Waals surface area contributed by atoms with Gasteiger partial charge in [0, 0.05) is 13.2 Å². The third kappa shape index (κ3) is 7.82. The van der Waals surface area contributed by atoms with Crippen LogP contribution in [0.15, 0.2) is 24.3 Å². The van der Waals surface area contributed by atoms with Gasteiger partial charge in [-0.15, -0.1) is 0 Å². The van der Waals surface area contributed by atoms with Crippen LogP contribution >= 0.6 is 0 Å². The molecule has 1 unspecified atom stereocenters. The first-order valence-corrected chi connectivity index (χ1v) is 6.91. The average molecular weight is 267 g/mol. The fourth-order valence-corrected chi connectivity index (χ4v) is 1.69. The summed E-state index contributed by atoms with van der Waals surface area (Å²) in [5.74, 6) is 0.785. The molecule has 1 atom stereocenters. The molecule has 4 nitrogen and oxygen atoms in total. The Morgan fingerprint density at radius 3 is 2.58 bits per heavy atom. The first kappa shape index (κ1) is 16.0. The summed E-state index contributed by atoms with van der Waals surface area (Å²) in [5, 5.41) is 21.5. The fourth-order valence-electron chi connectivity index (χ4n) is 1.69. The van der Waals surface area contributed by atoms with E-state index < -0.39 is 6.10 Å². The molecule has 0 bridgehead atoms. The topological polar surface area (TPSA) is 61.7 Å². The van der Waals surface area contributed by atoms with Gasteiger partial charge in [-0.3, -0.25) is 0 Å². The van der Waals surface area contributed by atoms with E-state index in [0.717, 1.165) is 31.6 Å². The minimum Gasteiger partial charge on any atom is -0.491 e. The van der Waals surface area contributed by atoms with Crippen molar-refractivity contribution in [2.45, 2.75) is 32.3 Å². The largest absolute Gasteiger partial charge is 0.491 e. The Morgan fingerprint density at radius 2 is 1.89 bits per heavy atom. The van der Waals surface area contributed by atoms with E-state index in [1.54, 1.807) is 0 Å². The van der Waals surface area contributed by atoms with Gasteiger partial charge < -0.3 is 20.3 Å². The van der Waals surface area contributed by atoms with Gasteiger partial charge in [-0.05, 0) is 44.9 Å². The minimum atomic E-state index is -0.501. The lowest BCUT2D eigenvalue weighted by Gasteiger charge is -2.13. The summed E-state index contributed by atoms with van der Waals surface area (Å²) in [6, 6.07) is 7.79. The maximum atomic E-state index is 9.74. The highest BCUT2D eigenvalue weighted by atomic mass is 16.5. The van der Waals surface area contributed by atoms with Gasteiger partial charge in [0.05, 0.1) is 0 Å². The molecule has 0 fully saturated rings. The maximum Gasteiger partial charge on any atom is 0.119 e. The van der Waals surface area contributed by atoms with Crippen LogP contribution in [0.4, 0.5) is 0 Å². The van der Waals surface area contributed by atoms with Crippen LogP contribution in [0.3, 0.4) is 0 Å². The van der Waals surface area contributed by atoms with Gasteiger partial charge in [-0.1, -0.05) is 17.7 Å². The Balaban J connectivity index is 2.04. The van der Waals surface area contributed by atoms with Gasteiger partial charge in [0.25, 0.3) is 0 Å². The number of hydrogen-bond acceptors (Lipinski definition) is 4. The zero-order valence-electron chi connectivity index (χ0n) is 11.6. The molecule has 1 aromatic carbocycles. The van der Waals surface area contributed by atoms with E-state index in [1.165, 1.54) is 5.56 Å². The monoisotopic (exact) mass is 267 g/mol. The van der Waals surface area contributed by atoms with Crippen LogP contribution in [0.1, 0.15) is 24.8 Å². The number of ether oxygens (including phenoxy) is 1. The SMILES string of the molecule is Cc1ccc(OCC(O)CNCCCCCO)cc1. The molecule has 108 valence electrons. The van der Waals surface area contributed by atoms with Crippen LogP contribution in [0.5, 0.6) is 5.75 Å². The van der Waals surface area contributed by atoms with Crippen molar-refractivity contribution in [3.8, 4) is 5.75 Å². The van der Waals surface area contributed by atoms with Crippen LogP contribution in [-0.4, -0.2) is 42.6 Å². The lowest BCUT2D eigenvalue weighted by Crippen LogP contribution is -2.32. The van der Waals surface area contributed by atoms with Crippen LogP contribution in [0.2, 0.25) is 0 Å². The summed E-state index contributed by atoms with van der Waals surface area (Å²) in [5.41, 5.74) is 1.19. The summed E-state index contributed by atoms with van der Waals surface area (Å²) in [7, 11) is 0. The standard InChI is InChI=1S/C15H25NO3/c1-13-5-7-15(8-6-13)19-12-14(18)11-16-9-3-2-4-10-17/h5-8,14,16-18H,2-4,9-12H2,1H3. The quantitative estimate of drug-likeness (QED) is 0.562. The van der Waals surface area contributed by atoms with E-state index >= 15 is 0 Å². The number of hydrogen-bond donors (Lipinski definition) is 3. The van der Waals surface area contributed by atoms with E-state index in [4.69, 9.17) is 9.84 Å². The molecule has 0 heterocycles. The van der Waals surface area contributed by atoms with Gasteiger partial charge >= 0.3 is 0 Å². The van der Waals surface area contributed by atoms with Crippen molar-refractivity contribution in [2.24, 2.45) is 0 Å². The smallest absolute Gasteiger partial charge is 0.119 e. The predicted molar refractivity (Wildman–Crippen MR) is 76.5 cm³/mol. The molecule has 0 amide bonds. The van der Waals surface area contributed by atoms with E-state index in [9.17, 15) is 5.11 Å². The van der Waals surface area contributed by atoms with E-state index in [2.05, 4.69) is 5.32 Å². The maximum absolute atomic E-state index is 9.74. The van der Waals surface area contributed by atoms with Gasteiger partial charge in [0.2, 0.25) is 0 Å². The molecule has 4 heteroatoms. The highest BCUT2D eigenvalue weighted by Gasteiger charge is 2.04. The van der Waals surface area contributed by atoms with Crippen molar-refractivity contribution in [1.82, 2.24) is 5.32 Å². The van der Waals surface area contributed by atoms with Gasteiger partial charge in [0.15, 0.2) is 0 Å². The Hall–Kier alpha value is -1.10. The second-order valence-corrected chi connectivity index (χ2v) is 4.77. The third-order valence-electron chi connectivity index (χ3n) is 2.85. The highest BCUT2D eigenvalue weighted by Crippen LogP contribution is 2.11. The summed E-state index contributed by atoms with van der Waals surface area (Å²) in [4.78, 5) is 0. The fraction of sp³-hybridized carbons (Fsp3) is 0.600. The second-order valence-electron chi connectivity index (χ2n) is 4.77. The van der Waals surface area contributed by atoms with Crippen LogP contribution in [-0.2, 0) is 0 Å². The van der Waals surface area contributed by atoms with Crippen molar-refractivity contribution in [1.29, 1.82) is 0 Å². The van der Waals surface area contributed by atoms with E-state index in [0.29, 0.717) is 13.2 Å². The number of benzene rings is 1. The Bertz CT molecular complexity index is 327. The highest BCUT2D eigenvalue weighted by molar-refractivity contribution is 5.26. The summed E-state index contributed by atoms with van der Waals surface area (Å²) in [6.45, 7) is 3.98. The van der Waals surface area contributed by atoms with Gasteiger partial charge in [0.1, 0.15) is 18.5 Å². The Morgan fingerprint density at radius 1 is 1.16 bits per heavy atom. The van der Waals surface area contributed by atoms with Crippen molar-refractivity contribution in [3.63, 3.8) is 0 Å². The molecule has 0 aromatic heterocycles. The van der Waals surface area contributed by atoms with Crippen LogP contribution in [0, 0.1) is 6.92 Å². The van der Waals surface area contributed by atoms with Crippen molar-refractivity contribution >= 4 is 0 Å². The molecule has 0 saturated heterocycles. The molecule has 19 heavy (non-hydrogen) atoms. The molecule has 0 radical (unpaired) electrons. The third-order valence-corrected chi connectivity index (χ3v) is 2.85. The molecule has 3 N–H and O–H groups in total. The number of aliphatic hydroxyl groups excluding tert-OH is 2. The number of unbranched alkanes of at least 4 members (excludes halogenated alkanes) is 2. The summed E-state index contributed by atoms with van der Waals surface area (Å²) >= 11 is 0. The normalized spacial score (nSPS) is 12.4. The predicted octanol–water partition coefficient (Wildman–Crippen LogP) is 1.49. The molecule has 0 aliphatic rings. The molecule has 0 saturated carbocycles. The van der Waals surface area contributed by atoms with Crippen molar-refractivity contribution < 1.29 is 14.9 Å². The van der Waals surface area contributed by atoms with Gasteiger partial charge in [-0.25, -0.2) is 0 Å². The lowest BCUT2D eigenvalue weighted by atomic mass is 10.2. The molecule has 1 aromatic rings. The molecule has 0 aliphatic heterocycles. The lowest BCUT2D eigenvalue weighted by molar-refractivity contribution is 0.106. The van der Waals surface area contributed by atoms with Gasteiger partial charge in [-0.2, -0.15) is 0 Å². The Kier molecular flexibility index (Phi) is 8.21. The van der Waals surface area contributed by atoms with Crippen molar-refractivity contribution in [2.75, 3.05) is 26.3 Å². The van der Waals surface area contributed by atoms with E-state index in [-0.39, 0.29) is 6.61 Å². The van der Waals surface area contributed by atoms with Crippen LogP contribution in [0.25, 0.3) is 0 Å². The number of aliphatic hydroxyl groups is 2. The zero-order valence-corrected chi connectivity index (χ0v) is 11.6. The summed E-state index contributed by atoms with van der Waals surface area (Å²) in [6.07, 6.45) is 2.38. The summed E-state index contributed by atoms with van der Waals surface area (Å²) < 4.78 is 5.50. The molecular weight excluding hydrogens is 242 g/mol. The Labute approximate surface area is 115 Å². The molecular formula is C15H25NO3. The first-order chi connectivity index (χ1) is 9.22. The molecule has 1 rings (SSSR count). The average Bonchev–Trinajstić information content (AvgIpc) is 2.42. The zero-order chi connectivity index (χ0) is 13.9. The van der Waals surface area contributed by atoms with Crippen molar-refractivity contribution in [3.05, 3.63) is 29.8 Å². The molecule has 0 aliphatic carbocycles. The number of nitrogens with one attached hydrogen (secondary N) is 1. The number of rotatable bonds is 10. The second kappa shape index (κ2) is 9.78. The molecule has 0 spiro atoms. The number of aryl methyl sites for hydroxylation is 1. The van der Waals surface area contributed by atoms with E-state index in [1.807, 2.05) is 31.2 Å². The minimum absolute atomic E-state index is 0.257. The van der Waals surface area contributed by atoms with Crippen LogP contribution < -0.4 is 10.1 Å². The first-order valence-electron chi connectivity index (χ1n) is 6.91.